The van der Waals surface area contributed by atoms with E-state index in [2.05, 4.69) is 15.5 Å². The molecule has 5 nitrogen and oxygen atoms in total. The number of halogens is 1. The average molecular weight is 429 g/mol. The van der Waals surface area contributed by atoms with Crippen LogP contribution in [0.25, 0.3) is 11.4 Å². The molecular formula is C21H21FN4OS2. The molecule has 1 aliphatic rings. The molecule has 150 valence electrons. The lowest BCUT2D eigenvalue weighted by molar-refractivity contribution is -0.122. The van der Waals surface area contributed by atoms with Crippen LogP contribution in [0.3, 0.4) is 0 Å². The van der Waals surface area contributed by atoms with Gasteiger partial charge in [0.05, 0.1) is 6.04 Å². The Morgan fingerprint density at radius 3 is 3.07 bits per heavy atom. The summed E-state index contributed by atoms with van der Waals surface area (Å²) in [5.41, 5.74) is 2.93. The van der Waals surface area contributed by atoms with Crippen LogP contribution in [0.4, 0.5) is 4.39 Å². The van der Waals surface area contributed by atoms with E-state index >= 15 is 0 Å². The van der Waals surface area contributed by atoms with Gasteiger partial charge < -0.3 is 5.32 Å². The first-order valence-corrected chi connectivity index (χ1v) is 10.8. The van der Waals surface area contributed by atoms with E-state index in [4.69, 9.17) is 12.2 Å². The summed E-state index contributed by atoms with van der Waals surface area (Å²) in [7, 11) is 0. The molecule has 1 atom stereocenters. The maximum atomic E-state index is 13.7. The van der Waals surface area contributed by atoms with Gasteiger partial charge >= 0.3 is 0 Å². The van der Waals surface area contributed by atoms with E-state index in [0.29, 0.717) is 17.1 Å². The summed E-state index contributed by atoms with van der Waals surface area (Å²) in [6.45, 7) is 2.44. The molecule has 0 saturated carbocycles. The number of carbonyl (C=O) groups excluding carboxylic acids is 1. The second kappa shape index (κ2) is 8.51. The molecule has 2 aromatic carbocycles. The Kier molecular flexibility index (Phi) is 5.82. The van der Waals surface area contributed by atoms with Gasteiger partial charge in [-0.1, -0.05) is 23.8 Å². The van der Waals surface area contributed by atoms with Gasteiger partial charge in [0.25, 0.3) is 0 Å². The van der Waals surface area contributed by atoms with Crippen molar-refractivity contribution < 1.29 is 9.18 Å². The monoisotopic (exact) mass is 428 g/mol. The first kappa shape index (κ1) is 19.8. The number of amides is 1. The summed E-state index contributed by atoms with van der Waals surface area (Å²) in [5.74, 6) is 1.25. The number of H-pyrrole nitrogens is 1. The number of fused-ring (bicyclic) bond motifs is 1. The molecular weight excluding hydrogens is 407 g/mol. The Morgan fingerprint density at radius 2 is 2.24 bits per heavy atom. The zero-order chi connectivity index (χ0) is 20.4. The van der Waals surface area contributed by atoms with Gasteiger partial charge in [-0.25, -0.2) is 4.39 Å². The van der Waals surface area contributed by atoms with E-state index in [9.17, 15) is 9.18 Å². The molecule has 3 aromatic rings. The lowest BCUT2D eigenvalue weighted by Gasteiger charge is -2.26. The molecule has 4 rings (SSSR count). The molecule has 0 fully saturated rings. The summed E-state index contributed by atoms with van der Waals surface area (Å²) in [5, 5.41) is 10.2. The Morgan fingerprint density at radius 1 is 1.38 bits per heavy atom. The summed E-state index contributed by atoms with van der Waals surface area (Å²) in [6.07, 6.45) is 1.05. The third-order valence-corrected chi connectivity index (χ3v) is 6.38. The van der Waals surface area contributed by atoms with Crippen molar-refractivity contribution >= 4 is 29.9 Å². The Bertz CT molecular complexity index is 1110. The standard InChI is InChI=1S/C21H21FN4OS2/c1-13-3-2-4-14(11-13)20-24-25-21(28)26(20)9-7-19(27)23-17-8-10-29-18-6-5-15(22)12-16(17)18/h2-6,11-12,17H,7-10H2,1H3,(H,23,27)(H,25,28). The highest BCUT2D eigenvalue weighted by Crippen LogP contribution is 2.36. The predicted octanol–water partition coefficient (Wildman–Crippen LogP) is 4.80. The number of nitrogens with zero attached hydrogens (tertiary/aromatic N) is 2. The van der Waals surface area contributed by atoms with Gasteiger partial charge in [0, 0.05) is 29.2 Å². The summed E-state index contributed by atoms with van der Waals surface area (Å²) >= 11 is 7.05. The fraction of sp³-hybridized carbons (Fsp3) is 0.286. The highest BCUT2D eigenvalue weighted by Gasteiger charge is 2.23. The van der Waals surface area contributed by atoms with E-state index in [1.807, 2.05) is 35.8 Å². The minimum absolute atomic E-state index is 0.0876. The molecule has 0 bridgehead atoms. The Labute approximate surface area is 177 Å². The van der Waals surface area contributed by atoms with Crippen molar-refractivity contribution in [2.75, 3.05) is 5.75 Å². The molecule has 2 heterocycles. The van der Waals surface area contributed by atoms with Crippen LogP contribution in [0.5, 0.6) is 0 Å². The molecule has 8 heteroatoms. The molecule has 2 N–H and O–H groups in total. The zero-order valence-corrected chi connectivity index (χ0v) is 17.6. The number of carbonyl (C=O) groups is 1. The molecule has 0 saturated heterocycles. The van der Waals surface area contributed by atoms with Crippen molar-refractivity contribution in [2.45, 2.75) is 37.2 Å². The van der Waals surface area contributed by atoms with Gasteiger partial charge in [-0.15, -0.1) is 11.8 Å². The highest BCUT2D eigenvalue weighted by atomic mass is 32.2. The predicted molar refractivity (Wildman–Crippen MR) is 115 cm³/mol. The van der Waals surface area contributed by atoms with E-state index in [1.165, 1.54) is 12.1 Å². The van der Waals surface area contributed by atoms with Gasteiger partial charge in [0.2, 0.25) is 5.91 Å². The Hall–Kier alpha value is -2.45. The van der Waals surface area contributed by atoms with Crippen molar-refractivity contribution in [1.29, 1.82) is 0 Å². The minimum Gasteiger partial charge on any atom is -0.349 e. The van der Waals surface area contributed by atoms with Crippen molar-refractivity contribution in [2.24, 2.45) is 0 Å². The number of thioether (sulfide) groups is 1. The lowest BCUT2D eigenvalue weighted by atomic mass is 10.0. The maximum absolute atomic E-state index is 13.7. The number of aromatic nitrogens is 3. The molecule has 0 radical (unpaired) electrons. The smallest absolute Gasteiger partial charge is 0.222 e. The fourth-order valence-corrected chi connectivity index (χ4v) is 4.85. The molecule has 1 unspecified atom stereocenters. The number of aryl methyl sites for hydroxylation is 1. The lowest BCUT2D eigenvalue weighted by Crippen LogP contribution is -2.31. The summed E-state index contributed by atoms with van der Waals surface area (Å²) < 4.78 is 16.0. The van der Waals surface area contributed by atoms with Crippen LogP contribution < -0.4 is 5.32 Å². The third kappa shape index (κ3) is 4.43. The molecule has 0 spiro atoms. The van der Waals surface area contributed by atoms with Gasteiger partial charge in [-0.2, -0.15) is 5.10 Å². The van der Waals surface area contributed by atoms with E-state index in [0.717, 1.165) is 33.8 Å². The van der Waals surface area contributed by atoms with Crippen LogP contribution in [0.1, 0.15) is 30.0 Å². The Balaban J connectivity index is 1.46. The number of rotatable bonds is 5. The van der Waals surface area contributed by atoms with Crippen LogP contribution in [0, 0.1) is 17.5 Å². The van der Waals surface area contributed by atoms with Crippen LogP contribution in [-0.2, 0) is 11.3 Å². The van der Waals surface area contributed by atoms with E-state index in [-0.39, 0.29) is 24.2 Å². The molecule has 1 aromatic heterocycles. The molecule has 0 aliphatic carbocycles. The molecule has 1 aliphatic heterocycles. The van der Waals surface area contributed by atoms with Crippen LogP contribution >= 0.6 is 24.0 Å². The molecule has 29 heavy (non-hydrogen) atoms. The van der Waals surface area contributed by atoms with Gasteiger partial charge in [-0.05, 0) is 55.4 Å². The van der Waals surface area contributed by atoms with Crippen LogP contribution in [-0.4, -0.2) is 26.4 Å². The minimum atomic E-state index is -0.280. The zero-order valence-electron chi connectivity index (χ0n) is 15.9. The van der Waals surface area contributed by atoms with E-state index < -0.39 is 0 Å². The van der Waals surface area contributed by atoms with Gasteiger partial charge in [0.15, 0.2) is 10.6 Å². The maximum Gasteiger partial charge on any atom is 0.222 e. The number of aromatic amines is 1. The number of benzene rings is 2. The largest absolute Gasteiger partial charge is 0.349 e. The summed E-state index contributed by atoms with van der Waals surface area (Å²) in [4.78, 5) is 13.7. The van der Waals surface area contributed by atoms with Crippen molar-refractivity contribution in [3.8, 4) is 11.4 Å². The SMILES string of the molecule is Cc1cccc(-c2n[nH]c(=S)n2CCC(=O)NC2CCSc3ccc(F)cc32)c1. The topological polar surface area (TPSA) is 62.7 Å². The van der Waals surface area contributed by atoms with Crippen LogP contribution in [0.15, 0.2) is 47.4 Å². The normalized spacial score (nSPS) is 15.7. The van der Waals surface area contributed by atoms with Gasteiger partial charge in [0.1, 0.15) is 5.82 Å². The second-order valence-corrected chi connectivity index (χ2v) is 8.59. The number of hydrogen-bond acceptors (Lipinski definition) is 4. The second-order valence-electron chi connectivity index (χ2n) is 7.06. The van der Waals surface area contributed by atoms with E-state index in [1.54, 1.807) is 17.8 Å². The van der Waals surface area contributed by atoms with Gasteiger partial charge in [-0.3, -0.25) is 14.5 Å². The van der Waals surface area contributed by atoms with Crippen molar-refractivity contribution in [3.63, 3.8) is 0 Å². The van der Waals surface area contributed by atoms with Crippen molar-refractivity contribution in [3.05, 3.63) is 64.2 Å². The first-order valence-electron chi connectivity index (χ1n) is 9.45. The average Bonchev–Trinajstić information content (AvgIpc) is 3.07. The third-order valence-electron chi connectivity index (χ3n) is 4.94. The van der Waals surface area contributed by atoms with Crippen molar-refractivity contribution in [1.82, 2.24) is 20.1 Å². The van der Waals surface area contributed by atoms with Crippen LogP contribution in [0.2, 0.25) is 0 Å². The fourth-order valence-electron chi connectivity index (χ4n) is 3.52. The number of nitrogens with one attached hydrogen (secondary N) is 2. The highest BCUT2D eigenvalue weighted by molar-refractivity contribution is 7.99. The quantitative estimate of drug-likeness (QED) is 0.573. The number of hydrogen-bond donors (Lipinski definition) is 2. The summed E-state index contributed by atoms with van der Waals surface area (Å²) in [6, 6.07) is 12.6. The first-order chi connectivity index (χ1) is 14.0. The molecule has 1 amide bonds.